The van der Waals surface area contributed by atoms with Crippen molar-refractivity contribution < 1.29 is 0 Å². The summed E-state index contributed by atoms with van der Waals surface area (Å²) in [6.07, 6.45) is 4.86. The third-order valence-electron chi connectivity index (χ3n) is 4.46. The molecular formula is C16H22N2. The summed E-state index contributed by atoms with van der Waals surface area (Å²) in [5, 5.41) is 3.46. The highest BCUT2D eigenvalue weighted by Gasteiger charge is 2.27. The molecule has 0 saturated heterocycles. The summed E-state index contributed by atoms with van der Waals surface area (Å²) in [5.74, 6) is 2.67. The van der Waals surface area contributed by atoms with Crippen LogP contribution in [0.2, 0.25) is 0 Å². The van der Waals surface area contributed by atoms with Gasteiger partial charge in [0.25, 0.3) is 0 Å². The van der Waals surface area contributed by atoms with E-state index in [1.165, 1.54) is 25.1 Å². The monoisotopic (exact) mass is 242 g/mol. The van der Waals surface area contributed by atoms with Gasteiger partial charge < -0.3 is 5.32 Å². The van der Waals surface area contributed by atoms with Gasteiger partial charge in [0.1, 0.15) is 0 Å². The molecule has 0 saturated carbocycles. The molecule has 0 fully saturated rings. The molecule has 2 atom stereocenters. The van der Waals surface area contributed by atoms with Crippen molar-refractivity contribution in [1.29, 1.82) is 0 Å². The van der Waals surface area contributed by atoms with Crippen LogP contribution in [0.15, 0.2) is 29.3 Å². The summed E-state index contributed by atoms with van der Waals surface area (Å²) in [5.41, 5.74) is 3.12. The molecule has 2 unspecified atom stereocenters. The van der Waals surface area contributed by atoms with Gasteiger partial charge in [-0.2, -0.15) is 0 Å². The van der Waals surface area contributed by atoms with Gasteiger partial charge in [0.15, 0.2) is 0 Å². The lowest BCUT2D eigenvalue weighted by Gasteiger charge is -2.32. The van der Waals surface area contributed by atoms with Crippen molar-refractivity contribution in [3.63, 3.8) is 0 Å². The lowest BCUT2D eigenvalue weighted by Crippen LogP contribution is -2.33. The van der Waals surface area contributed by atoms with Gasteiger partial charge in [0.05, 0.1) is 5.84 Å². The third kappa shape index (κ3) is 2.29. The van der Waals surface area contributed by atoms with Gasteiger partial charge >= 0.3 is 0 Å². The first-order chi connectivity index (χ1) is 8.84. The predicted octanol–water partition coefficient (Wildman–Crippen LogP) is 3.13. The molecule has 0 radical (unpaired) electrons. The minimum Gasteiger partial charge on any atom is -0.374 e. The first kappa shape index (κ1) is 11.8. The number of nitrogens with one attached hydrogen (secondary N) is 1. The number of hydrogen-bond donors (Lipinski definition) is 1. The predicted molar refractivity (Wildman–Crippen MR) is 76.2 cm³/mol. The van der Waals surface area contributed by atoms with Crippen molar-refractivity contribution in [2.24, 2.45) is 10.9 Å². The Hall–Kier alpha value is -1.31. The number of hydrogen-bond acceptors (Lipinski definition) is 2. The fraction of sp³-hybridized carbons (Fsp3) is 0.562. The summed E-state index contributed by atoms with van der Waals surface area (Å²) in [4.78, 5) is 4.62. The van der Waals surface area contributed by atoms with Crippen LogP contribution in [0.3, 0.4) is 0 Å². The van der Waals surface area contributed by atoms with E-state index in [2.05, 4.69) is 41.5 Å². The second-order valence-corrected chi connectivity index (χ2v) is 5.60. The maximum absolute atomic E-state index is 4.62. The van der Waals surface area contributed by atoms with Gasteiger partial charge in [-0.3, -0.25) is 4.99 Å². The van der Waals surface area contributed by atoms with Crippen LogP contribution in [-0.2, 0) is 6.42 Å². The quantitative estimate of drug-likeness (QED) is 0.846. The van der Waals surface area contributed by atoms with Gasteiger partial charge in [0.2, 0.25) is 0 Å². The van der Waals surface area contributed by atoms with Crippen LogP contribution in [0.1, 0.15) is 43.2 Å². The third-order valence-corrected chi connectivity index (χ3v) is 4.46. The summed E-state index contributed by atoms with van der Waals surface area (Å²) >= 11 is 0. The Morgan fingerprint density at radius 3 is 3.06 bits per heavy atom. The largest absolute Gasteiger partial charge is 0.374 e. The number of fused-ring (bicyclic) bond motifs is 1. The molecule has 18 heavy (non-hydrogen) atoms. The van der Waals surface area contributed by atoms with E-state index in [0.717, 1.165) is 25.4 Å². The molecule has 3 rings (SSSR count). The van der Waals surface area contributed by atoms with E-state index < -0.39 is 0 Å². The number of rotatable bonds is 2. The standard InChI is InChI=1S/C16H22N2/c1-12-14(11-16-17-9-4-10-18-16)8-7-13-5-2-3-6-15(12)13/h2-3,5-6,12,14H,4,7-11H2,1H3,(H,17,18). The maximum Gasteiger partial charge on any atom is 0.0966 e. The van der Waals surface area contributed by atoms with Crippen molar-refractivity contribution in [2.45, 2.75) is 38.5 Å². The summed E-state index contributed by atoms with van der Waals surface area (Å²) in [7, 11) is 0. The van der Waals surface area contributed by atoms with Gasteiger partial charge in [-0.15, -0.1) is 0 Å². The minimum absolute atomic E-state index is 0.668. The Labute approximate surface area is 110 Å². The highest BCUT2D eigenvalue weighted by Crippen LogP contribution is 2.37. The highest BCUT2D eigenvalue weighted by molar-refractivity contribution is 5.83. The van der Waals surface area contributed by atoms with E-state index in [1.807, 2.05) is 0 Å². The number of nitrogens with zero attached hydrogens (tertiary/aromatic N) is 1. The molecule has 1 aliphatic carbocycles. The average Bonchev–Trinajstić information content (AvgIpc) is 2.43. The Kier molecular flexibility index (Phi) is 3.35. The average molecular weight is 242 g/mol. The zero-order valence-electron chi connectivity index (χ0n) is 11.2. The maximum atomic E-state index is 4.62. The smallest absolute Gasteiger partial charge is 0.0966 e. The zero-order chi connectivity index (χ0) is 12.4. The normalized spacial score (nSPS) is 27.1. The Morgan fingerprint density at radius 1 is 1.33 bits per heavy atom. The number of aliphatic imine (C=N–C) groups is 1. The van der Waals surface area contributed by atoms with E-state index in [-0.39, 0.29) is 0 Å². The van der Waals surface area contributed by atoms with E-state index in [1.54, 1.807) is 11.1 Å². The van der Waals surface area contributed by atoms with E-state index in [9.17, 15) is 0 Å². The summed E-state index contributed by atoms with van der Waals surface area (Å²) in [6, 6.07) is 8.94. The molecule has 2 nitrogen and oxygen atoms in total. The molecular weight excluding hydrogens is 220 g/mol. The molecule has 1 aromatic carbocycles. The molecule has 1 aromatic rings. The van der Waals surface area contributed by atoms with Crippen LogP contribution in [-0.4, -0.2) is 18.9 Å². The molecule has 96 valence electrons. The first-order valence-corrected chi connectivity index (χ1v) is 7.19. The molecule has 0 aromatic heterocycles. The van der Waals surface area contributed by atoms with E-state index in [0.29, 0.717) is 5.92 Å². The Bertz CT molecular complexity index is 450. The number of benzene rings is 1. The van der Waals surface area contributed by atoms with E-state index in [4.69, 9.17) is 0 Å². The second-order valence-electron chi connectivity index (χ2n) is 5.60. The SMILES string of the molecule is CC1c2ccccc2CCC1CC1=NCCCN1. The van der Waals surface area contributed by atoms with Gasteiger partial charge in [0, 0.05) is 19.5 Å². The molecule has 1 heterocycles. The molecule has 0 bridgehead atoms. The van der Waals surface area contributed by atoms with E-state index >= 15 is 0 Å². The van der Waals surface area contributed by atoms with Crippen molar-refractivity contribution >= 4 is 5.84 Å². The molecule has 0 spiro atoms. The lowest BCUT2D eigenvalue weighted by atomic mass is 9.74. The van der Waals surface area contributed by atoms with Crippen LogP contribution in [0.4, 0.5) is 0 Å². The number of amidine groups is 1. The van der Waals surface area contributed by atoms with Gasteiger partial charge in [-0.05, 0) is 42.2 Å². The zero-order valence-corrected chi connectivity index (χ0v) is 11.2. The lowest BCUT2D eigenvalue weighted by molar-refractivity contribution is 0.399. The second kappa shape index (κ2) is 5.13. The van der Waals surface area contributed by atoms with Crippen molar-refractivity contribution in [1.82, 2.24) is 5.32 Å². The molecule has 1 aliphatic heterocycles. The topological polar surface area (TPSA) is 24.4 Å². The summed E-state index contributed by atoms with van der Waals surface area (Å²) in [6.45, 7) is 4.50. The number of aryl methyl sites for hydroxylation is 1. The highest BCUT2D eigenvalue weighted by atomic mass is 15.0. The van der Waals surface area contributed by atoms with Crippen LogP contribution >= 0.6 is 0 Å². The van der Waals surface area contributed by atoms with Crippen LogP contribution in [0.25, 0.3) is 0 Å². The van der Waals surface area contributed by atoms with Crippen molar-refractivity contribution in [2.75, 3.05) is 13.1 Å². The summed E-state index contributed by atoms with van der Waals surface area (Å²) < 4.78 is 0. The minimum atomic E-state index is 0.668. The molecule has 2 aliphatic rings. The fourth-order valence-corrected chi connectivity index (χ4v) is 3.30. The van der Waals surface area contributed by atoms with Crippen molar-refractivity contribution in [3.8, 4) is 0 Å². The molecule has 2 heteroatoms. The van der Waals surface area contributed by atoms with Crippen LogP contribution in [0, 0.1) is 5.92 Å². The molecule has 1 N–H and O–H groups in total. The Morgan fingerprint density at radius 2 is 2.22 bits per heavy atom. The Balaban J connectivity index is 1.74. The molecule has 0 amide bonds. The van der Waals surface area contributed by atoms with Crippen LogP contribution < -0.4 is 5.32 Å². The van der Waals surface area contributed by atoms with Gasteiger partial charge in [-0.25, -0.2) is 0 Å². The van der Waals surface area contributed by atoms with Gasteiger partial charge in [-0.1, -0.05) is 31.2 Å². The van der Waals surface area contributed by atoms with Crippen LogP contribution in [0.5, 0.6) is 0 Å². The fourth-order valence-electron chi connectivity index (χ4n) is 3.30. The van der Waals surface area contributed by atoms with Crippen molar-refractivity contribution in [3.05, 3.63) is 35.4 Å². The first-order valence-electron chi connectivity index (χ1n) is 7.19.